The maximum absolute atomic E-state index is 15.0. The largest absolute Gasteiger partial charge is 0.477 e. The molecule has 2 aliphatic heterocycles. The van der Waals surface area contributed by atoms with Crippen LogP contribution in [0.3, 0.4) is 0 Å². The average Bonchev–Trinajstić information content (AvgIpc) is 3.67. The third-order valence-corrected chi connectivity index (χ3v) is 20.7. The van der Waals surface area contributed by atoms with Crippen LogP contribution >= 0.6 is 6.89 Å². The molecule has 0 saturated carbocycles. The van der Waals surface area contributed by atoms with Gasteiger partial charge in [-0.15, -0.1) is 0 Å². The molecule has 2 saturated heterocycles. The molecule has 2 aliphatic rings. The highest BCUT2D eigenvalue weighted by molar-refractivity contribution is 7.96. The number of ketones is 1. The fraction of sp³-hybridized carbons (Fsp3) is 0.432. The smallest absolute Gasteiger partial charge is 0.410 e. The second-order valence-corrected chi connectivity index (χ2v) is 24.5. The van der Waals surface area contributed by atoms with Crippen molar-refractivity contribution in [3.8, 4) is 0 Å². The zero-order valence-corrected chi connectivity index (χ0v) is 35.5. The van der Waals surface area contributed by atoms with Gasteiger partial charge in [0, 0.05) is 25.8 Å². The van der Waals surface area contributed by atoms with Gasteiger partial charge < -0.3 is 29.2 Å². The SMILES string of the molecule is C=CCOC(=O)N1CCC[C@H]1C(O)CC(=O)[C@H](C)[C@@H]1[C@@H]([C@@H](C)O[Si](C)(C)C(C)(C)C)C(=O)N1C(C(=O)O)=P(c1ccccc1)(c1ccccc1)c1ccccc1. The number of carboxylic acids is 1. The molecule has 300 valence electrons. The van der Waals surface area contributed by atoms with Crippen molar-refractivity contribution in [1.29, 1.82) is 0 Å². The Morgan fingerprint density at radius 1 is 0.929 bits per heavy atom. The number of nitrogens with zero attached hydrogens (tertiary/aromatic N) is 2. The van der Waals surface area contributed by atoms with Crippen LogP contribution < -0.4 is 15.9 Å². The summed E-state index contributed by atoms with van der Waals surface area (Å²) in [6.07, 6.45) is -0.0978. The van der Waals surface area contributed by atoms with E-state index in [1.54, 1.807) is 6.92 Å². The highest BCUT2D eigenvalue weighted by atomic mass is 31.2. The third kappa shape index (κ3) is 8.23. The molecule has 3 aromatic rings. The molecule has 56 heavy (non-hydrogen) atoms. The van der Waals surface area contributed by atoms with Crippen molar-refractivity contribution < 1.29 is 38.6 Å². The Kier molecular flexibility index (Phi) is 13.4. The number of carbonyl (C=O) groups excluding carboxylic acids is 3. The molecule has 2 fully saturated rings. The zero-order chi connectivity index (χ0) is 41.0. The minimum atomic E-state index is -3.32. The van der Waals surface area contributed by atoms with Crippen LogP contribution in [0.2, 0.25) is 18.1 Å². The van der Waals surface area contributed by atoms with E-state index < -0.39 is 69.3 Å². The molecule has 6 atom stereocenters. The number of Topliss-reactive ketones (excluding diaryl/α,β-unsaturated/α-hetero) is 1. The Labute approximate surface area is 332 Å². The van der Waals surface area contributed by atoms with Gasteiger partial charge in [-0.05, 0) is 53.8 Å². The lowest BCUT2D eigenvalue weighted by atomic mass is 9.74. The van der Waals surface area contributed by atoms with Crippen LogP contribution in [-0.2, 0) is 23.5 Å². The molecule has 0 spiro atoms. The summed E-state index contributed by atoms with van der Waals surface area (Å²) in [5, 5.41) is 25.1. The summed E-state index contributed by atoms with van der Waals surface area (Å²) >= 11 is 0. The predicted octanol–water partition coefficient (Wildman–Crippen LogP) is 6.18. The number of carbonyl (C=O) groups is 4. The lowest BCUT2D eigenvalue weighted by molar-refractivity contribution is -0.161. The first kappa shape index (κ1) is 42.9. The van der Waals surface area contributed by atoms with Gasteiger partial charge in [0.25, 0.3) is 0 Å². The van der Waals surface area contributed by atoms with Crippen molar-refractivity contribution in [2.45, 2.75) is 96.3 Å². The van der Waals surface area contributed by atoms with Crippen molar-refractivity contribution in [2.75, 3.05) is 13.2 Å². The lowest BCUT2D eigenvalue weighted by Gasteiger charge is -2.54. The summed E-state index contributed by atoms with van der Waals surface area (Å²) < 4.78 is 12.1. The maximum Gasteiger partial charge on any atom is 0.410 e. The first-order valence-electron chi connectivity index (χ1n) is 19.4. The third-order valence-electron chi connectivity index (χ3n) is 11.9. The van der Waals surface area contributed by atoms with Gasteiger partial charge in [-0.3, -0.25) is 9.59 Å². The van der Waals surface area contributed by atoms with Gasteiger partial charge in [-0.1, -0.05) is 131 Å². The quantitative estimate of drug-likeness (QED) is 0.0807. The van der Waals surface area contributed by atoms with Gasteiger partial charge in [0.15, 0.2) is 8.32 Å². The molecule has 1 unspecified atom stereocenters. The monoisotopic (exact) mass is 800 g/mol. The molecule has 10 nitrogen and oxygen atoms in total. The number of benzene rings is 3. The van der Waals surface area contributed by atoms with Crippen LogP contribution in [0.15, 0.2) is 104 Å². The number of β-lactam (4-membered cyclic amide) rings is 1. The summed E-state index contributed by atoms with van der Waals surface area (Å²) in [7, 11) is -2.44. The Hall–Kier alpha value is -4.28. The summed E-state index contributed by atoms with van der Waals surface area (Å²) in [4.78, 5) is 59.2. The molecule has 0 aliphatic carbocycles. The Morgan fingerprint density at radius 2 is 1.43 bits per heavy atom. The first-order chi connectivity index (χ1) is 26.5. The average molecular weight is 801 g/mol. The highest BCUT2D eigenvalue weighted by Gasteiger charge is 2.59. The minimum Gasteiger partial charge on any atom is -0.477 e. The maximum atomic E-state index is 15.0. The molecule has 2 amide bonds. The van der Waals surface area contributed by atoms with Crippen molar-refractivity contribution in [1.82, 2.24) is 9.80 Å². The number of ether oxygens (including phenoxy) is 1. The van der Waals surface area contributed by atoms with Crippen molar-refractivity contribution >= 4 is 60.3 Å². The number of aliphatic hydroxyl groups excluding tert-OH is 1. The first-order valence-corrected chi connectivity index (χ1v) is 24.1. The van der Waals surface area contributed by atoms with Crippen LogP contribution in [0.1, 0.15) is 53.9 Å². The van der Waals surface area contributed by atoms with Gasteiger partial charge in [0.2, 0.25) is 5.91 Å². The molecule has 0 aromatic heterocycles. The van der Waals surface area contributed by atoms with Gasteiger partial charge >= 0.3 is 12.1 Å². The molecular weight excluding hydrogens is 744 g/mol. The molecule has 2 N–H and O–H groups in total. The van der Waals surface area contributed by atoms with Crippen molar-refractivity contribution in [3.05, 3.63) is 104 Å². The van der Waals surface area contributed by atoms with Gasteiger partial charge in [-0.2, -0.15) is 0 Å². The number of amides is 2. The highest BCUT2D eigenvalue weighted by Crippen LogP contribution is 2.51. The molecule has 0 bridgehead atoms. The molecule has 3 aromatic carbocycles. The number of rotatable bonds is 15. The van der Waals surface area contributed by atoms with E-state index >= 15 is 0 Å². The predicted molar refractivity (Wildman–Crippen MR) is 226 cm³/mol. The van der Waals surface area contributed by atoms with E-state index in [0.717, 1.165) is 15.9 Å². The molecule has 12 heteroatoms. The summed E-state index contributed by atoms with van der Waals surface area (Å²) in [5.74, 6) is -3.76. The number of aliphatic hydroxyl groups is 1. The minimum absolute atomic E-state index is 0.0255. The Balaban J connectivity index is 1.69. The van der Waals surface area contributed by atoms with E-state index in [9.17, 15) is 29.4 Å². The van der Waals surface area contributed by atoms with E-state index in [1.807, 2.05) is 97.9 Å². The summed E-state index contributed by atoms with van der Waals surface area (Å²) in [5.41, 5.74) is -0.0843. The van der Waals surface area contributed by atoms with E-state index in [2.05, 4.69) is 40.4 Å². The Morgan fingerprint density at radius 3 is 1.88 bits per heavy atom. The van der Waals surface area contributed by atoms with Crippen LogP contribution in [0.5, 0.6) is 0 Å². The standard InChI is InChI=1S/C44H57N2O8PSi/c1-9-28-53-43(52)45-27-19-26-35(45)37(48)29-36(47)30(2)39-38(31(3)54-56(7,8)44(4,5)6)40(49)46(39)41(42(50)51)55(32-20-13-10-14-21-32,33-22-15-11-16-23-33)34-24-17-12-18-25-34/h9-18,20-25,30-31,35,37-39,48H,1,19,26-29H2,2-8H3,(H,50,51)/t30-,31+,35-,37?,38+,39+/m0/s1. The second kappa shape index (κ2) is 17.5. The van der Waals surface area contributed by atoms with E-state index in [1.165, 1.54) is 15.9 Å². The molecule has 2 heterocycles. The van der Waals surface area contributed by atoms with Crippen LogP contribution in [0.25, 0.3) is 0 Å². The van der Waals surface area contributed by atoms with Gasteiger partial charge in [0.05, 0.1) is 30.2 Å². The summed E-state index contributed by atoms with van der Waals surface area (Å²) in [6, 6.07) is 26.8. The topological polar surface area (TPSA) is 134 Å². The van der Waals surface area contributed by atoms with Crippen LogP contribution in [0, 0.1) is 11.8 Å². The number of carboxylic acid groups (broad SMARTS) is 1. The summed E-state index contributed by atoms with van der Waals surface area (Å²) in [6.45, 7) is 14.8. The van der Waals surface area contributed by atoms with Crippen LogP contribution in [-0.4, -0.2) is 94.9 Å². The zero-order valence-electron chi connectivity index (χ0n) is 33.6. The fourth-order valence-electron chi connectivity index (χ4n) is 8.03. The second-order valence-electron chi connectivity index (χ2n) is 16.4. The van der Waals surface area contributed by atoms with Crippen LogP contribution in [0.4, 0.5) is 4.79 Å². The van der Waals surface area contributed by atoms with E-state index in [4.69, 9.17) is 9.16 Å². The lowest BCUT2D eigenvalue weighted by Crippen LogP contribution is -2.71. The fourth-order valence-corrected chi connectivity index (χ4v) is 13.8. The van der Waals surface area contributed by atoms with E-state index in [-0.39, 0.29) is 29.3 Å². The number of aliphatic carboxylic acids is 1. The number of likely N-dealkylation sites (tertiary alicyclic amines) is 2. The Bertz CT molecular complexity index is 1850. The normalized spacial score (nSPS) is 20.4. The molecule has 5 rings (SSSR count). The van der Waals surface area contributed by atoms with Crippen molar-refractivity contribution in [3.63, 3.8) is 0 Å². The van der Waals surface area contributed by atoms with Gasteiger partial charge in [0.1, 0.15) is 17.8 Å². The van der Waals surface area contributed by atoms with Crippen molar-refractivity contribution in [2.24, 2.45) is 11.8 Å². The van der Waals surface area contributed by atoms with Gasteiger partial charge in [-0.25, -0.2) is 9.59 Å². The van der Waals surface area contributed by atoms with E-state index in [0.29, 0.717) is 19.4 Å². The number of hydrogen-bond donors (Lipinski definition) is 2. The number of hydrogen-bond acceptors (Lipinski definition) is 7. The molecular formula is C44H57N2O8PSi. The molecule has 0 radical (unpaired) electrons.